The van der Waals surface area contributed by atoms with E-state index in [2.05, 4.69) is 25.7 Å². The molecular formula is C38H62N2O6. The standard InChI is InChI=1S/C38H62N2O6/c1-34(2)29-11-9-23-25-20-28-24(8-10-27(45-28)32(43-7)35(3,4)42)36(25,5)15-16-37(23)22-38(29,37)14-12-30(34)46-31-21-40(18-19-44-31)26-13-17-39(6)33(26)41/h23-32,42H,8-22H2,1-7H3/t23?,24-,25?,26+,27?,28?,29?,30?,31?,32?,36?,37?,38?/m0/s1. The molecule has 1 N–H and O–H groups in total. The molecule has 3 aliphatic heterocycles. The number of likely N-dealkylation sites (N-methyl/N-ethyl adjacent to an activating group) is 1. The Morgan fingerprint density at radius 2 is 1.74 bits per heavy atom. The van der Waals surface area contributed by atoms with Gasteiger partial charge in [-0.05, 0) is 130 Å². The van der Waals surface area contributed by atoms with E-state index < -0.39 is 5.60 Å². The fourth-order valence-electron chi connectivity index (χ4n) is 13.9. The number of likely N-dealkylation sites (tertiary alicyclic amines) is 1. The van der Waals surface area contributed by atoms with E-state index in [4.69, 9.17) is 18.9 Å². The summed E-state index contributed by atoms with van der Waals surface area (Å²) in [5, 5.41) is 10.8. The summed E-state index contributed by atoms with van der Waals surface area (Å²) in [7, 11) is 3.64. The Kier molecular flexibility index (Phi) is 7.66. The Morgan fingerprint density at radius 3 is 2.46 bits per heavy atom. The number of morpholine rings is 1. The van der Waals surface area contributed by atoms with E-state index in [1.54, 1.807) is 7.11 Å². The van der Waals surface area contributed by atoms with Crippen LogP contribution in [0.25, 0.3) is 0 Å². The Bertz CT molecular complexity index is 1200. The predicted octanol–water partition coefficient (Wildman–Crippen LogP) is 5.25. The van der Waals surface area contributed by atoms with Gasteiger partial charge in [0.05, 0.1) is 43.1 Å². The predicted molar refractivity (Wildman–Crippen MR) is 175 cm³/mol. The van der Waals surface area contributed by atoms with Crippen molar-refractivity contribution < 1.29 is 28.8 Å². The van der Waals surface area contributed by atoms with Crippen molar-refractivity contribution in [3.63, 3.8) is 0 Å². The molecule has 8 heteroatoms. The minimum Gasteiger partial charge on any atom is -0.388 e. The number of rotatable bonds is 6. The second-order valence-corrected chi connectivity index (χ2v) is 18.6. The smallest absolute Gasteiger partial charge is 0.239 e. The zero-order valence-electron chi connectivity index (χ0n) is 29.8. The zero-order chi connectivity index (χ0) is 32.4. The van der Waals surface area contributed by atoms with Crippen molar-refractivity contribution >= 4 is 5.91 Å². The third-order valence-electron chi connectivity index (χ3n) is 16.1. The van der Waals surface area contributed by atoms with Crippen LogP contribution >= 0.6 is 0 Å². The van der Waals surface area contributed by atoms with Gasteiger partial charge in [-0.15, -0.1) is 0 Å². The molecule has 0 aromatic rings. The van der Waals surface area contributed by atoms with Gasteiger partial charge >= 0.3 is 0 Å². The molecule has 5 saturated carbocycles. The summed E-state index contributed by atoms with van der Waals surface area (Å²) in [5.41, 5.74) is 0.544. The SMILES string of the molecule is COC(C1CC[C@H]2C(CC3C4CCC5C(C)(C)C(OC6CN([C@@H]7CCN(C)C7=O)CCO6)CCC56CC46CCC32C)O1)C(C)(C)O. The lowest BCUT2D eigenvalue weighted by Crippen LogP contribution is -2.57. The van der Waals surface area contributed by atoms with E-state index in [-0.39, 0.29) is 42.0 Å². The van der Waals surface area contributed by atoms with E-state index >= 15 is 0 Å². The van der Waals surface area contributed by atoms with Crippen LogP contribution in [0.2, 0.25) is 0 Å². The number of fused-ring (bicyclic) bond motifs is 4. The molecule has 0 bridgehead atoms. The molecule has 0 radical (unpaired) electrons. The van der Waals surface area contributed by atoms with Crippen LogP contribution in [0.4, 0.5) is 0 Å². The van der Waals surface area contributed by atoms with Crippen LogP contribution in [0.1, 0.15) is 105 Å². The van der Waals surface area contributed by atoms with Crippen molar-refractivity contribution in [2.45, 2.75) is 148 Å². The summed E-state index contributed by atoms with van der Waals surface area (Å²) in [5.74, 6) is 3.14. The van der Waals surface area contributed by atoms with Crippen molar-refractivity contribution in [1.82, 2.24) is 9.80 Å². The second kappa shape index (κ2) is 10.9. The van der Waals surface area contributed by atoms with Crippen LogP contribution in [0.15, 0.2) is 0 Å². The molecular weight excluding hydrogens is 580 g/mol. The summed E-state index contributed by atoms with van der Waals surface area (Å²) < 4.78 is 25.9. The average Bonchev–Trinajstić information content (AvgIpc) is 3.42. The highest BCUT2D eigenvalue weighted by Gasteiger charge is 2.80. The Labute approximate surface area is 277 Å². The molecule has 13 atom stereocenters. The summed E-state index contributed by atoms with van der Waals surface area (Å²) in [6.07, 6.45) is 13.5. The van der Waals surface area contributed by atoms with Gasteiger partial charge in [-0.1, -0.05) is 20.8 Å². The molecule has 3 heterocycles. The molecule has 46 heavy (non-hydrogen) atoms. The first-order valence-corrected chi connectivity index (χ1v) is 18.9. The summed E-state index contributed by atoms with van der Waals surface area (Å²) >= 11 is 0. The number of hydrogen-bond donors (Lipinski definition) is 1. The maximum atomic E-state index is 12.8. The highest BCUT2D eigenvalue weighted by atomic mass is 16.7. The lowest BCUT2D eigenvalue weighted by Gasteiger charge is -2.60. The summed E-state index contributed by atoms with van der Waals surface area (Å²) in [6, 6.07) is -0.0140. The molecule has 3 saturated heterocycles. The fraction of sp³-hybridized carbons (Fsp3) is 0.974. The number of aliphatic hydroxyl groups is 1. The van der Waals surface area contributed by atoms with Gasteiger partial charge in [0, 0.05) is 27.2 Å². The van der Waals surface area contributed by atoms with E-state index in [0.717, 1.165) is 44.2 Å². The van der Waals surface area contributed by atoms with E-state index in [0.29, 0.717) is 47.3 Å². The highest BCUT2D eigenvalue weighted by Crippen LogP contribution is 2.87. The van der Waals surface area contributed by atoms with E-state index in [1.165, 1.54) is 51.4 Å². The molecule has 11 unspecified atom stereocenters. The van der Waals surface area contributed by atoms with Crippen LogP contribution < -0.4 is 0 Å². The first-order chi connectivity index (χ1) is 21.7. The van der Waals surface area contributed by atoms with Gasteiger partial charge in [0.2, 0.25) is 5.91 Å². The quantitative estimate of drug-likeness (QED) is 0.424. The van der Waals surface area contributed by atoms with Gasteiger partial charge in [-0.2, -0.15) is 0 Å². The van der Waals surface area contributed by atoms with Crippen LogP contribution in [0, 0.1) is 45.3 Å². The van der Waals surface area contributed by atoms with Gasteiger partial charge in [0.15, 0.2) is 6.29 Å². The lowest BCUT2D eigenvalue weighted by molar-refractivity contribution is -0.247. The lowest BCUT2D eigenvalue weighted by atomic mass is 9.46. The van der Waals surface area contributed by atoms with E-state index in [9.17, 15) is 9.90 Å². The zero-order valence-corrected chi connectivity index (χ0v) is 29.8. The normalized spacial score (nSPS) is 50.7. The first kappa shape index (κ1) is 32.4. The average molecular weight is 643 g/mol. The van der Waals surface area contributed by atoms with Crippen LogP contribution in [0.3, 0.4) is 0 Å². The Hall–Kier alpha value is -0.770. The van der Waals surface area contributed by atoms with Crippen molar-refractivity contribution in [1.29, 1.82) is 0 Å². The van der Waals surface area contributed by atoms with Gasteiger partial charge in [0.25, 0.3) is 0 Å². The molecule has 2 spiro atoms. The van der Waals surface area contributed by atoms with Crippen LogP contribution in [-0.4, -0.2) is 104 Å². The summed E-state index contributed by atoms with van der Waals surface area (Å²) in [4.78, 5) is 16.9. The molecule has 0 aromatic carbocycles. The number of methoxy groups -OCH3 is 1. The third kappa shape index (κ3) is 4.55. The fourth-order valence-corrected chi connectivity index (χ4v) is 13.9. The minimum absolute atomic E-state index is 0.0140. The maximum absolute atomic E-state index is 12.8. The summed E-state index contributed by atoms with van der Waals surface area (Å²) in [6.45, 7) is 14.4. The molecule has 260 valence electrons. The molecule has 5 aliphatic carbocycles. The molecule has 8 aliphatic rings. The number of ether oxygens (including phenoxy) is 4. The monoisotopic (exact) mass is 642 g/mol. The minimum atomic E-state index is -0.908. The topological polar surface area (TPSA) is 80.7 Å². The first-order valence-electron chi connectivity index (χ1n) is 18.9. The van der Waals surface area contributed by atoms with Gasteiger partial charge in [0.1, 0.15) is 6.10 Å². The van der Waals surface area contributed by atoms with Gasteiger partial charge < -0.3 is 29.0 Å². The van der Waals surface area contributed by atoms with Crippen molar-refractivity contribution in [2.24, 2.45) is 45.3 Å². The van der Waals surface area contributed by atoms with Crippen LogP contribution in [-0.2, 0) is 23.7 Å². The number of hydrogen-bond acceptors (Lipinski definition) is 7. The van der Waals surface area contributed by atoms with Gasteiger partial charge in [-0.3, -0.25) is 9.69 Å². The van der Waals surface area contributed by atoms with Crippen molar-refractivity contribution in [2.75, 3.05) is 40.4 Å². The molecule has 8 rings (SSSR count). The molecule has 0 aromatic heterocycles. The number of carbonyl (C=O) groups excluding carboxylic acids is 1. The number of amides is 1. The maximum Gasteiger partial charge on any atom is 0.239 e. The van der Waals surface area contributed by atoms with Gasteiger partial charge in [-0.25, -0.2) is 0 Å². The number of nitrogens with zero attached hydrogens (tertiary/aromatic N) is 2. The van der Waals surface area contributed by atoms with E-state index in [1.807, 2.05) is 25.8 Å². The molecule has 1 amide bonds. The van der Waals surface area contributed by atoms with Crippen LogP contribution in [0.5, 0.6) is 0 Å². The highest BCUT2D eigenvalue weighted by molar-refractivity contribution is 5.83. The Balaban J connectivity index is 0.955. The second-order valence-electron chi connectivity index (χ2n) is 18.6. The largest absolute Gasteiger partial charge is 0.388 e. The molecule has 8 fully saturated rings. The Morgan fingerprint density at radius 1 is 0.957 bits per heavy atom. The van der Waals surface area contributed by atoms with Crippen molar-refractivity contribution in [3.05, 3.63) is 0 Å². The molecule has 8 nitrogen and oxygen atoms in total. The van der Waals surface area contributed by atoms with Crippen molar-refractivity contribution in [3.8, 4) is 0 Å². The number of carbonyl (C=O) groups is 1. The third-order valence-corrected chi connectivity index (χ3v) is 16.1.